The predicted octanol–water partition coefficient (Wildman–Crippen LogP) is 4.29. The highest BCUT2D eigenvalue weighted by Crippen LogP contribution is 2.23. The molecule has 0 unspecified atom stereocenters. The quantitative estimate of drug-likeness (QED) is 0.739. The Morgan fingerprint density at radius 2 is 1.91 bits per heavy atom. The molecule has 0 bridgehead atoms. The number of rotatable bonds is 3. The number of hydrogen-bond acceptors (Lipinski definition) is 2. The van der Waals surface area contributed by atoms with Crippen molar-refractivity contribution < 1.29 is 4.79 Å². The highest BCUT2D eigenvalue weighted by Gasteiger charge is 2.23. The first-order chi connectivity index (χ1) is 10.3. The monoisotopic (exact) mass is 317 g/mol. The van der Waals surface area contributed by atoms with E-state index in [1.54, 1.807) is 6.07 Å². The Morgan fingerprint density at radius 3 is 2.55 bits per heavy atom. The molecule has 2 aromatic carbocycles. The number of amides is 2. The van der Waals surface area contributed by atoms with Crippen LogP contribution in [0, 0.1) is 6.92 Å². The highest BCUT2D eigenvalue weighted by atomic mass is 35.5. The summed E-state index contributed by atoms with van der Waals surface area (Å²) in [5.74, 6) is 0. The summed E-state index contributed by atoms with van der Waals surface area (Å²) in [6, 6.07) is 12.6. The van der Waals surface area contributed by atoms with Crippen molar-refractivity contribution in [3.05, 3.63) is 58.6 Å². The lowest BCUT2D eigenvalue weighted by atomic mass is 9.94. The molecule has 4 N–H and O–H groups in total. The van der Waals surface area contributed by atoms with Crippen LogP contribution in [-0.2, 0) is 5.54 Å². The van der Waals surface area contributed by atoms with E-state index >= 15 is 0 Å². The summed E-state index contributed by atoms with van der Waals surface area (Å²) in [6.07, 6.45) is 0. The standard InChI is InChI=1S/C17H20ClN3O/c1-11-7-8-14(10-15(11)18)20-16(22)21-17(2,3)12-5-4-6-13(19)9-12/h4-10H,19H2,1-3H3,(H2,20,21,22). The first-order valence-electron chi connectivity index (χ1n) is 6.99. The van der Waals surface area contributed by atoms with Crippen LogP contribution in [0.15, 0.2) is 42.5 Å². The largest absolute Gasteiger partial charge is 0.399 e. The van der Waals surface area contributed by atoms with Crippen molar-refractivity contribution in [2.24, 2.45) is 0 Å². The van der Waals surface area contributed by atoms with Crippen molar-refractivity contribution in [2.75, 3.05) is 11.1 Å². The smallest absolute Gasteiger partial charge is 0.319 e. The number of nitrogens with one attached hydrogen (secondary N) is 2. The van der Waals surface area contributed by atoms with Gasteiger partial charge in [-0.15, -0.1) is 0 Å². The average molecular weight is 318 g/mol. The van der Waals surface area contributed by atoms with E-state index in [0.29, 0.717) is 16.4 Å². The second kappa shape index (κ2) is 6.28. The Labute approximate surface area is 135 Å². The normalized spacial score (nSPS) is 11.1. The van der Waals surface area contributed by atoms with E-state index in [1.807, 2.05) is 57.2 Å². The molecular weight excluding hydrogens is 298 g/mol. The van der Waals surface area contributed by atoms with Gasteiger partial charge in [0, 0.05) is 16.4 Å². The minimum absolute atomic E-state index is 0.299. The molecule has 0 saturated heterocycles. The maximum Gasteiger partial charge on any atom is 0.319 e. The molecule has 0 heterocycles. The van der Waals surface area contributed by atoms with Crippen molar-refractivity contribution >= 4 is 29.0 Å². The van der Waals surface area contributed by atoms with Gasteiger partial charge in [-0.3, -0.25) is 0 Å². The molecule has 0 aliphatic rings. The van der Waals surface area contributed by atoms with Gasteiger partial charge >= 0.3 is 6.03 Å². The van der Waals surface area contributed by atoms with Crippen molar-refractivity contribution in [3.8, 4) is 0 Å². The molecule has 0 aromatic heterocycles. The number of aryl methyl sites for hydroxylation is 1. The average Bonchev–Trinajstić information content (AvgIpc) is 2.42. The zero-order valence-corrected chi connectivity index (χ0v) is 13.7. The fraction of sp³-hybridized carbons (Fsp3) is 0.235. The van der Waals surface area contributed by atoms with Crippen molar-refractivity contribution in [3.63, 3.8) is 0 Å². The Hall–Kier alpha value is -2.20. The molecule has 0 fully saturated rings. The van der Waals surface area contributed by atoms with E-state index in [0.717, 1.165) is 11.1 Å². The van der Waals surface area contributed by atoms with Crippen molar-refractivity contribution in [2.45, 2.75) is 26.3 Å². The van der Waals surface area contributed by atoms with Gasteiger partial charge in [0.1, 0.15) is 0 Å². The second-order valence-corrected chi connectivity index (χ2v) is 6.20. The molecule has 0 saturated carbocycles. The topological polar surface area (TPSA) is 67.2 Å². The molecule has 0 spiro atoms. The third-order valence-electron chi connectivity index (χ3n) is 3.46. The summed E-state index contributed by atoms with van der Waals surface area (Å²) in [5.41, 5.74) is 8.46. The van der Waals surface area contributed by atoms with Crippen LogP contribution in [-0.4, -0.2) is 6.03 Å². The van der Waals surface area contributed by atoms with Gasteiger partial charge in [0.25, 0.3) is 0 Å². The van der Waals surface area contributed by atoms with Crippen LogP contribution in [0.5, 0.6) is 0 Å². The van der Waals surface area contributed by atoms with Crippen LogP contribution in [0.4, 0.5) is 16.2 Å². The van der Waals surface area contributed by atoms with E-state index in [-0.39, 0.29) is 6.03 Å². The minimum atomic E-state index is -0.548. The zero-order valence-electron chi connectivity index (χ0n) is 12.9. The van der Waals surface area contributed by atoms with Gasteiger partial charge in [-0.2, -0.15) is 0 Å². The molecule has 0 aliphatic heterocycles. The fourth-order valence-electron chi connectivity index (χ4n) is 2.12. The van der Waals surface area contributed by atoms with Crippen LogP contribution >= 0.6 is 11.6 Å². The summed E-state index contributed by atoms with van der Waals surface area (Å²) >= 11 is 6.06. The Bertz CT molecular complexity index is 698. The molecule has 5 heteroatoms. The number of nitrogen functional groups attached to an aromatic ring is 1. The number of hydrogen-bond donors (Lipinski definition) is 3. The van der Waals surface area contributed by atoms with Gasteiger partial charge in [-0.25, -0.2) is 4.79 Å². The number of nitrogens with two attached hydrogens (primary N) is 1. The Balaban J connectivity index is 2.08. The van der Waals surface area contributed by atoms with Gasteiger partial charge in [0.05, 0.1) is 5.54 Å². The van der Waals surface area contributed by atoms with Crippen LogP contribution in [0.1, 0.15) is 25.0 Å². The molecule has 22 heavy (non-hydrogen) atoms. The van der Waals surface area contributed by atoms with E-state index in [1.165, 1.54) is 0 Å². The summed E-state index contributed by atoms with van der Waals surface area (Å²) < 4.78 is 0. The van der Waals surface area contributed by atoms with E-state index in [2.05, 4.69) is 10.6 Å². The summed E-state index contributed by atoms with van der Waals surface area (Å²) in [5, 5.41) is 6.34. The molecule has 2 aromatic rings. The van der Waals surface area contributed by atoms with Gasteiger partial charge in [0.15, 0.2) is 0 Å². The van der Waals surface area contributed by atoms with Crippen molar-refractivity contribution in [1.82, 2.24) is 5.32 Å². The second-order valence-electron chi connectivity index (χ2n) is 5.79. The molecule has 116 valence electrons. The van der Waals surface area contributed by atoms with Gasteiger partial charge < -0.3 is 16.4 Å². The molecule has 2 amide bonds. The van der Waals surface area contributed by atoms with Crippen molar-refractivity contribution in [1.29, 1.82) is 0 Å². The molecule has 0 radical (unpaired) electrons. The lowest BCUT2D eigenvalue weighted by Gasteiger charge is -2.27. The van der Waals surface area contributed by atoms with Crippen LogP contribution in [0.25, 0.3) is 0 Å². The number of anilines is 2. The van der Waals surface area contributed by atoms with E-state index < -0.39 is 5.54 Å². The molecule has 0 aliphatic carbocycles. The first-order valence-corrected chi connectivity index (χ1v) is 7.37. The number of halogens is 1. The van der Waals surface area contributed by atoms with Gasteiger partial charge in [-0.1, -0.05) is 29.8 Å². The number of carbonyl (C=O) groups excluding carboxylic acids is 1. The third kappa shape index (κ3) is 3.92. The summed E-state index contributed by atoms with van der Waals surface area (Å²) in [6.45, 7) is 5.75. The lowest BCUT2D eigenvalue weighted by Crippen LogP contribution is -2.43. The maximum absolute atomic E-state index is 12.2. The van der Waals surface area contributed by atoms with Crippen LogP contribution in [0.3, 0.4) is 0 Å². The van der Waals surface area contributed by atoms with Gasteiger partial charge in [0.2, 0.25) is 0 Å². The molecule has 2 rings (SSSR count). The SMILES string of the molecule is Cc1ccc(NC(=O)NC(C)(C)c2cccc(N)c2)cc1Cl. The maximum atomic E-state index is 12.2. The third-order valence-corrected chi connectivity index (χ3v) is 3.87. The Morgan fingerprint density at radius 1 is 1.18 bits per heavy atom. The Kier molecular flexibility index (Phi) is 4.62. The summed E-state index contributed by atoms with van der Waals surface area (Å²) in [4.78, 5) is 12.2. The number of carbonyl (C=O) groups is 1. The molecular formula is C17H20ClN3O. The van der Waals surface area contributed by atoms with E-state index in [4.69, 9.17) is 17.3 Å². The zero-order chi connectivity index (χ0) is 16.3. The molecule has 4 nitrogen and oxygen atoms in total. The predicted molar refractivity (Wildman–Crippen MR) is 92.2 cm³/mol. The lowest BCUT2D eigenvalue weighted by molar-refractivity contribution is 0.242. The molecule has 0 atom stereocenters. The highest BCUT2D eigenvalue weighted by molar-refractivity contribution is 6.31. The van der Waals surface area contributed by atoms with Crippen LogP contribution < -0.4 is 16.4 Å². The fourth-order valence-corrected chi connectivity index (χ4v) is 2.30. The summed E-state index contributed by atoms with van der Waals surface area (Å²) in [7, 11) is 0. The first kappa shape index (κ1) is 16.2. The number of urea groups is 1. The van der Waals surface area contributed by atoms with E-state index in [9.17, 15) is 4.79 Å². The minimum Gasteiger partial charge on any atom is -0.399 e. The number of benzene rings is 2. The van der Waals surface area contributed by atoms with Crippen LogP contribution in [0.2, 0.25) is 5.02 Å². The van der Waals surface area contributed by atoms with Gasteiger partial charge in [-0.05, 0) is 56.2 Å².